The molecule has 1 amide bonds. The molecule has 1 aromatic rings. The second-order valence-electron chi connectivity index (χ2n) is 6.76. The van der Waals surface area contributed by atoms with Gasteiger partial charge in [-0.05, 0) is 38.7 Å². The number of ether oxygens (including phenoxy) is 1. The number of nitrogens with zero attached hydrogens (tertiary/aromatic N) is 1. The van der Waals surface area contributed by atoms with Gasteiger partial charge < -0.3 is 15.4 Å². The van der Waals surface area contributed by atoms with E-state index in [1.807, 2.05) is 25.1 Å². The van der Waals surface area contributed by atoms with E-state index in [0.29, 0.717) is 12.5 Å². The Balaban J connectivity index is 1.52. The zero-order valence-corrected chi connectivity index (χ0v) is 13.6. The largest absolute Gasteiger partial charge is 0.493 e. The van der Waals surface area contributed by atoms with Crippen molar-refractivity contribution in [3.05, 3.63) is 29.8 Å². The van der Waals surface area contributed by atoms with Crippen LogP contribution < -0.4 is 15.4 Å². The summed E-state index contributed by atoms with van der Waals surface area (Å²) in [6, 6.07) is 10.4. The topological polar surface area (TPSA) is 74.2 Å². The summed E-state index contributed by atoms with van der Waals surface area (Å²) in [5.74, 6) is 1.34. The van der Waals surface area contributed by atoms with Crippen LogP contribution in [0.1, 0.15) is 38.2 Å². The SMILES string of the molecule is CC(NCC(=O)NC(C)(C#N)C1CC1)C1COc2ccccc21. The highest BCUT2D eigenvalue weighted by atomic mass is 16.5. The van der Waals surface area contributed by atoms with E-state index in [2.05, 4.69) is 29.7 Å². The van der Waals surface area contributed by atoms with E-state index in [4.69, 9.17) is 4.74 Å². The van der Waals surface area contributed by atoms with Gasteiger partial charge in [-0.2, -0.15) is 5.26 Å². The molecule has 2 aliphatic rings. The van der Waals surface area contributed by atoms with Gasteiger partial charge in [0.25, 0.3) is 0 Å². The smallest absolute Gasteiger partial charge is 0.235 e. The van der Waals surface area contributed by atoms with Crippen molar-refractivity contribution in [3.63, 3.8) is 0 Å². The molecule has 1 saturated carbocycles. The molecule has 0 aromatic heterocycles. The molecule has 0 saturated heterocycles. The second-order valence-corrected chi connectivity index (χ2v) is 6.76. The standard InChI is InChI=1S/C18H23N3O2/c1-12(15-10-23-16-6-4-3-5-14(15)16)20-9-17(22)21-18(2,11-19)13-7-8-13/h3-6,12-13,15,20H,7-10H2,1-2H3,(H,21,22). The van der Waals surface area contributed by atoms with Gasteiger partial charge in [0.2, 0.25) is 5.91 Å². The van der Waals surface area contributed by atoms with Crippen molar-refractivity contribution in [2.75, 3.05) is 13.2 Å². The first-order valence-electron chi connectivity index (χ1n) is 8.21. The number of amides is 1. The molecule has 3 rings (SSSR count). The molecule has 5 nitrogen and oxygen atoms in total. The molecule has 1 fully saturated rings. The van der Waals surface area contributed by atoms with Crippen LogP contribution in [0.3, 0.4) is 0 Å². The highest BCUT2D eigenvalue weighted by Crippen LogP contribution is 2.39. The Bertz CT molecular complexity index is 635. The lowest BCUT2D eigenvalue weighted by atomic mass is 9.94. The van der Waals surface area contributed by atoms with Crippen molar-refractivity contribution in [1.29, 1.82) is 5.26 Å². The summed E-state index contributed by atoms with van der Waals surface area (Å²) < 4.78 is 5.69. The third-order valence-electron chi connectivity index (χ3n) is 4.95. The number of hydrogen-bond donors (Lipinski definition) is 2. The van der Waals surface area contributed by atoms with Gasteiger partial charge in [-0.1, -0.05) is 18.2 Å². The second kappa shape index (κ2) is 6.21. The number of carbonyl (C=O) groups is 1. The Morgan fingerprint density at radius 3 is 2.91 bits per heavy atom. The van der Waals surface area contributed by atoms with Gasteiger partial charge in [-0.3, -0.25) is 4.79 Å². The maximum absolute atomic E-state index is 12.2. The van der Waals surface area contributed by atoms with Gasteiger partial charge >= 0.3 is 0 Å². The predicted octanol–water partition coefficient (Wildman–Crippen LogP) is 1.95. The summed E-state index contributed by atoms with van der Waals surface area (Å²) in [5, 5.41) is 15.4. The van der Waals surface area contributed by atoms with E-state index in [-0.39, 0.29) is 24.4 Å². The normalized spacial score (nSPS) is 23.1. The first-order valence-corrected chi connectivity index (χ1v) is 8.21. The molecule has 3 unspecified atom stereocenters. The summed E-state index contributed by atoms with van der Waals surface area (Å²) in [6.45, 7) is 4.72. The summed E-state index contributed by atoms with van der Waals surface area (Å²) in [7, 11) is 0. The van der Waals surface area contributed by atoms with Crippen LogP contribution in [0.15, 0.2) is 24.3 Å². The zero-order valence-electron chi connectivity index (χ0n) is 13.6. The Morgan fingerprint density at radius 1 is 1.48 bits per heavy atom. The Labute approximate surface area is 137 Å². The molecule has 3 atom stereocenters. The quantitative estimate of drug-likeness (QED) is 0.842. The van der Waals surface area contributed by atoms with E-state index >= 15 is 0 Å². The molecule has 0 bridgehead atoms. The van der Waals surface area contributed by atoms with Crippen LogP contribution in [0, 0.1) is 17.2 Å². The molecule has 23 heavy (non-hydrogen) atoms. The van der Waals surface area contributed by atoms with Gasteiger partial charge in [0.15, 0.2) is 0 Å². The Morgan fingerprint density at radius 2 is 2.22 bits per heavy atom. The van der Waals surface area contributed by atoms with Crippen molar-refractivity contribution >= 4 is 5.91 Å². The van der Waals surface area contributed by atoms with Gasteiger partial charge in [0.1, 0.15) is 11.3 Å². The van der Waals surface area contributed by atoms with Crippen molar-refractivity contribution in [2.45, 2.75) is 44.2 Å². The number of benzene rings is 1. The average Bonchev–Trinajstić information content (AvgIpc) is 3.33. The number of hydrogen-bond acceptors (Lipinski definition) is 4. The lowest BCUT2D eigenvalue weighted by Gasteiger charge is -2.24. The highest BCUT2D eigenvalue weighted by molar-refractivity contribution is 5.79. The summed E-state index contributed by atoms with van der Waals surface area (Å²) >= 11 is 0. The van der Waals surface area contributed by atoms with Crippen LogP contribution in [0.25, 0.3) is 0 Å². The fourth-order valence-electron chi connectivity index (χ4n) is 3.21. The van der Waals surface area contributed by atoms with E-state index in [1.165, 1.54) is 5.56 Å². The third kappa shape index (κ3) is 3.32. The fourth-order valence-corrected chi connectivity index (χ4v) is 3.21. The van der Waals surface area contributed by atoms with Crippen LogP contribution in [0.2, 0.25) is 0 Å². The van der Waals surface area contributed by atoms with E-state index in [9.17, 15) is 10.1 Å². The van der Waals surface area contributed by atoms with Gasteiger partial charge in [0.05, 0.1) is 19.2 Å². The summed E-state index contributed by atoms with van der Waals surface area (Å²) in [6.07, 6.45) is 2.04. The molecule has 0 radical (unpaired) electrons. The first kappa shape index (κ1) is 15.8. The average molecular weight is 313 g/mol. The van der Waals surface area contributed by atoms with Crippen molar-refractivity contribution in [2.24, 2.45) is 5.92 Å². The number of fused-ring (bicyclic) bond motifs is 1. The van der Waals surface area contributed by atoms with Crippen LogP contribution in [0.5, 0.6) is 5.75 Å². The highest BCUT2D eigenvalue weighted by Gasteiger charge is 2.43. The number of nitriles is 1. The van der Waals surface area contributed by atoms with E-state index in [1.54, 1.807) is 0 Å². The van der Waals surface area contributed by atoms with Gasteiger partial charge in [-0.25, -0.2) is 0 Å². The Hall–Kier alpha value is -2.06. The number of para-hydroxylation sites is 1. The molecule has 2 N–H and O–H groups in total. The lowest BCUT2D eigenvalue weighted by Crippen LogP contribution is -2.50. The minimum atomic E-state index is -0.731. The monoisotopic (exact) mass is 313 g/mol. The van der Waals surface area contributed by atoms with E-state index in [0.717, 1.165) is 18.6 Å². The Kier molecular flexibility index (Phi) is 4.27. The van der Waals surface area contributed by atoms with Crippen LogP contribution in [0.4, 0.5) is 0 Å². The molecule has 1 heterocycles. The van der Waals surface area contributed by atoms with Crippen molar-refractivity contribution < 1.29 is 9.53 Å². The summed E-state index contributed by atoms with van der Waals surface area (Å²) in [5.41, 5.74) is 0.457. The molecule has 0 spiro atoms. The van der Waals surface area contributed by atoms with Crippen molar-refractivity contribution in [3.8, 4) is 11.8 Å². The summed E-state index contributed by atoms with van der Waals surface area (Å²) in [4.78, 5) is 12.2. The molecular formula is C18H23N3O2. The number of carbonyl (C=O) groups excluding carboxylic acids is 1. The third-order valence-corrected chi connectivity index (χ3v) is 4.95. The minimum absolute atomic E-state index is 0.124. The maximum Gasteiger partial charge on any atom is 0.235 e. The lowest BCUT2D eigenvalue weighted by molar-refractivity contribution is -0.121. The predicted molar refractivity (Wildman–Crippen MR) is 87.0 cm³/mol. The van der Waals surface area contributed by atoms with Crippen LogP contribution in [-0.2, 0) is 4.79 Å². The molecule has 5 heteroatoms. The first-order chi connectivity index (χ1) is 11.0. The number of rotatable bonds is 6. The minimum Gasteiger partial charge on any atom is -0.493 e. The molecule has 1 aliphatic carbocycles. The van der Waals surface area contributed by atoms with Gasteiger partial charge in [-0.15, -0.1) is 0 Å². The van der Waals surface area contributed by atoms with Crippen LogP contribution in [-0.4, -0.2) is 30.6 Å². The van der Waals surface area contributed by atoms with E-state index < -0.39 is 5.54 Å². The van der Waals surface area contributed by atoms with Gasteiger partial charge in [0, 0.05) is 17.5 Å². The van der Waals surface area contributed by atoms with Crippen molar-refractivity contribution in [1.82, 2.24) is 10.6 Å². The maximum atomic E-state index is 12.2. The zero-order chi connectivity index (χ0) is 16.4. The number of nitrogens with one attached hydrogen (secondary N) is 2. The molecular weight excluding hydrogens is 290 g/mol. The van der Waals surface area contributed by atoms with Crippen LogP contribution >= 0.6 is 0 Å². The molecule has 1 aliphatic heterocycles. The molecule has 122 valence electrons. The molecule has 1 aromatic carbocycles. The fraction of sp³-hybridized carbons (Fsp3) is 0.556.